The van der Waals surface area contributed by atoms with Crippen molar-refractivity contribution in [3.63, 3.8) is 0 Å². The van der Waals surface area contributed by atoms with Gasteiger partial charge in [0, 0.05) is 0 Å². The van der Waals surface area contributed by atoms with E-state index in [1.165, 1.54) is 0 Å². The highest BCUT2D eigenvalue weighted by atomic mass is 16.5. The zero-order chi connectivity index (χ0) is 15.4. The highest BCUT2D eigenvalue weighted by Crippen LogP contribution is 2.24. The molecule has 0 spiro atoms. The van der Waals surface area contributed by atoms with Crippen molar-refractivity contribution in [2.45, 2.75) is 32.4 Å². The molecule has 3 amide bonds. The van der Waals surface area contributed by atoms with Gasteiger partial charge in [-0.3, -0.25) is 4.79 Å². The SMILES string of the molecule is CCOC(=O)C(CC)N1C(=O)NC(c2ccccc2)C1=O. The van der Waals surface area contributed by atoms with Crippen LogP contribution in [0.5, 0.6) is 0 Å². The summed E-state index contributed by atoms with van der Waals surface area (Å²) in [4.78, 5) is 37.4. The second-order valence-electron chi connectivity index (χ2n) is 4.68. The number of ether oxygens (including phenoxy) is 1. The molecule has 1 fully saturated rings. The van der Waals surface area contributed by atoms with Crippen LogP contribution in [0.1, 0.15) is 31.9 Å². The van der Waals surface area contributed by atoms with E-state index >= 15 is 0 Å². The fourth-order valence-corrected chi connectivity index (χ4v) is 2.35. The Bertz CT molecular complexity index is 544. The Kier molecular flexibility index (Phi) is 4.57. The van der Waals surface area contributed by atoms with E-state index in [0.29, 0.717) is 12.0 Å². The van der Waals surface area contributed by atoms with Crippen molar-refractivity contribution >= 4 is 17.9 Å². The fourth-order valence-electron chi connectivity index (χ4n) is 2.35. The molecule has 1 N–H and O–H groups in total. The summed E-state index contributed by atoms with van der Waals surface area (Å²) in [5.74, 6) is -0.983. The van der Waals surface area contributed by atoms with E-state index in [9.17, 15) is 14.4 Å². The molecule has 1 heterocycles. The number of esters is 1. The summed E-state index contributed by atoms with van der Waals surface area (Å²) in [5, 5.41) is 2.61. The fraction of sp³-hybridized carbons (Fsp3) is 0.400. The van der Waals surface area contributed by atoms with Crippen LogP contribution < -0.4 is 5.32 Å². The lowest BCUT2D eigenvalue weighted by atomic mass is 10.1. The second-order valence-corrected chi connectivity index (χ2v) is 4.68. The minimum Gasteiger partial charge on any atom is -0.464 e. The van der Waals surface area contributed by atoms with Crippen LogP contribution in [0.4, 0.5) is 4.79 Å². The van der Waals surface area contributed by atoms with Crippen LogP contribution in [-0.4, -0.2) is 35.5 Å². The molecule has 1 aromatic carbocycles. The summed E-state index contributed by atoms with van der Waals surface area (Å²) in [5.41, 5.74) is 0.692. The number of hydrogen-bond acceptors (Lipinski definition) is 4. The molecule has 2 rings (SSSR count). The van der Waals surface area contributed by atoms with Gasteiger partial charge in [-0.1, -0.05) is 37.3 Å². The van der Waals surface area contributed by atoms with Gasteiger partial charge < -0.3 is 10.1 Å². The lowest BCUT2D eigenvalue weighted by molar-refractivity contribution is -0.152. The molecule has 6 nitrogen and oxygen atoms in total. The number of imide groups is 1. The van der Waals surface area contributed by atoms with Gasteiger partial charge in [-0.2, -0.15) is 0 Å². The van der Waals surface area contributed by atoms with E-state index in [0.717, 1.165) is 4.90 Å². The van der Waals surface area contributed by atoms with Gasteiger partial charge in [0.05, 0.1) is 6.61 Å². The molecular weight excluding hydrogens is 272 g/mol. The van der Waals surface area contributed by atoms with Crippen molar-refractivity contribution in [2.24, 2.45) is 0 Å². The first-order valence-electron chi connectivity index (χ1n) is 6.95. The Hall–Kier alpha value is -2.37. The van der Waals surface area contributed by atoms with Crippen molar-refractivity contribution in [2.75, 3.05) is 6.61 Å². The Labute approximate surface area is 123 Å². The van der Waals surface area contributed by atoms with Crippen molar-refractivity contribution in [1.29, 1.82) is 0 Å². The molecule has 2 atom stereocenters. The summed E-state index contributed by atoms with van der Waals surface area (Å²) in [6.45, 7) is 3.63. The summed E-state index contributed by atoms with van der Waals surface area (Å²) < 4.78 is 4.93. The smallest absolute Gasteiger partial charge is 0.329 e. The summed E-state index contributed by atoms with van der Waals surface area (Å²) >= 11 is 0. The number of nitrogens with one attached hydrogen (secondary N) is 1. The highest BCUT2D eigenvalue weighted by molar-refractivity contribution is 6.07. The standard InChI is InChI=1S/C15H18N2O4/c1-3-11(14(19)21-4-2)17-13(18)12(16-15(17)20)10-8-6-5-7-9-10/h5-9,11-12H,3-4H2,1-2H3,(H,16,20). The third-order valence-corrected chi connectivity index (χ3v) is 3.36. The maximum Gasteiger partial charge on any atom is 0.329 e. The molecule has 0 saturated carbocycles. The van der Waals surface area contributed by atoms with Crippen molar-refractivity contribution in [3.05, 3.63) is 35.9 Å². The normalized spacial score (nSPS) is 19.3. The van der Waals surface area contributed by atoms with Gasteiger partial charge >= 0.3 is 12.0 Å². The third kappa shape index (κ3) is 2.89. The van der Waals surface area contributed by atoms with Crippen LogP contribution in [0.2, 0.25) is 0 Å². The number of nitrogens with zero attached hydrogens (tertiary/aromatic N) is 1. The molecule has 1 saturated heterocycles. The first-order valence-corrected chi connectivity index (χ1v) is 6.95. The molecule has 112 valence electrons. The lowest BCUT2D eigenvalue weighted by Gasteiger charge is -2.22. The molecule has 6 heteroatoms. The van der Waals surface area contributed by atoms with Gasteiger partial charge in [-0.25, -0.2) is 14.5 Å². The first kappa shape index (κ1) is 15.0. The Morgan fingerprint density at radius 3 is 2.52 bits per heavy atom. The molecule has 1 aromatic rings. The molecule has 1 aliphatic heterocycles. The molecule has 2 unspecified atom stereocenters. The first-order chi connectivity index (χ1) is 10.1. The summed E-state index contributed by atoms with van der Waals surface area (Å²) in [6, 6.07) is 6.74. The van der Waals surface area contributed by atoms with E-state index in [-0.39, 0.29) is 6.61 Å². The van der Waals surface area contributed by atoms with Crippen LogP contribution in [0.3, 0.4) is 0 Å². The largest absolute Gasteiger partial charge is 0.464 e. The average Bonchev–Trinajstić information content (AvgIpc) is 2.78. The number of urea groups is 1. The monoisotopic (exact) mass is 290 g/mol. The predicted octanol–water partition coefficient (Wildman–Crippen LogP) is 1.62. The van der Waals surface area contributed by atoms with Gasteiger partial charge in [0.1, 0.15) is 12.1 Å². The maximum absolute atomic E-state index is 12.5. The molecule has 1 aliphatic rings. The summed E-state index contributed by atoms with van der Waals surface area (Å²) in [6.07, 6.45) is 0.319. The number of rotatable bonds is 5. The molecule has 0 bridgehead atoms. The second kappa shape index (κ2) is 6.39. The Morgan fingerprint density at radius 2 is 1.95 bits per heavy atom. The van der Waals surface area contributed by atoms with E-state index in [2.05, 4.69) is 5.32 Å². The van der Waals surface area contributed by atoms with Crippen LogP contribution in [0.15, 0.2) is 30.3 Å². The third-order valence-electron chi connectivity index (χ3n) is 3.36. The van der Waals surface area contributed by atoms with Gasteiger partial charge in [0.15, 0.2) is 0 Å². The molecular formula is C15H18N2O4. The predicted molar refractivity (Wildman–Crippen MR) is 75.3 cm³/mol. The van der Waals surface area contributed by atoms with Gasteiger partial charge in [0.25, 0.3) is 5.91 Å². The average molecular weight is 290 g/mol. The van der Waals surface area contributed by atoms with Crippen LogP contribution in [0.25, 0.3) is 0 Å². The van der Waals surface area contributed by atoms with Gasteiger partial charge in [0.2, 0.25) is 0 Å². The van der Waals surface area contributed by atoms with Crippen molar-refractivity contribution in [3.8, 4) is 0 Å². The zero-order valence-electron chi connectivity index (χ0n) is 12.0. The van der Waals surface area contributed by atoms with Crippen LogP contribution in [0, 0.1) is 0 Å². The van der Waals surface area contributed by atoms with Gasteiger partial charge in [-0.15, -0.1) is 0 Å². The molecule has 0 aromatic heterocycles. The topological polar surface area (TPSA) is 75.7 Å². The molecule has 0 radical (unpaired) electrons. The van der Waals surface area contributed by atoms with Crippen LogP contribution >= 0.6 is 0 Å². The van der Waals surface area contributed by atoms with Crippen LogP contribution in [-0.2, 0) is 14.3 Å². The number of benzene rings is 1. The van der Waals surface area contributed by atoms with Crippen molar-refractivity contribution in [1.82, 2.24) is 10.2 Å². The minimum absolute atomic E-state index is 0.209. The Morgan fingerprint density at radius 1 is 1.29 bits per heavy atom. The minimum atomic E-state index is -0.883. The Balaban J connectivity index is 2.23. The molecule has 0 aliphatic carbocycles. The van der Waals surface area contributed by atoms with E-state index in [1.807, 2.05) is 6.07 Å². The van der Waals surface area contributed by atoms with E-state index in [1.54, 1.807) is 38.1 Å². The lowest BCUT2D eigenvalue weighted by Crippen LogP contribution is -2.45. The number of carbonyl (C=O) groups excluding carboxylic acids is 3. The molecule has 21 heavy (non-hydrogen) atoms. The maximum atomic E-state index is 12.5. The number of hydrogen-bond donors (Lipinski definition) is 1. The zero-order valence-corrected chi connectivity index (χ0v) is 12.0. The quantitative estimate of drug-likeness (QED) is 0.660. The highest BCUT2D eigenvalue weighted by Gasteiger charge is 2.45. The van der Waals surface area contributed by atoms with Gasteiger partial charge in [-0.05, 0) is 18.9 Å². The number of carbonyl (C=O) groups is 3. The van der Waals surface area contributed by atoms with E-state index < -0.39 is 30.0 Å². The number of amides is 3. The van der Waals surface area contributed by atoms with E-state index in [4.69, 9.17) is 4.74 Å². The summed E-state index contributed by atoms with van der Waals surface area (Å²) in [7, 11) is 0. The van der Waals surface area contributed by atoms with Crippen molar-refractivity contribution < 1.29 is 19.1 Å².